The number of carbonyl (C=O) groups is 2. The molecular formula is C30H35Cl2N3O6S. The van der Waals surface area contributed by atoms with Gasteiger partial charge < -0.3 is 19.7 Å². The zero-order valence-electron chi connectivity index (χ0n) is 24.1. The van der Waals surface area contributed by atoms with Crippen molar-refractivity contribution in [2.24, 2.45) is 5.92 Å². The van der Waals surface area contributed by atoms with E-state index in [9.17, 15) is 18.0 Å². The second-order valence-electron chi connectivity index (χ2n) is 9.95. The van der Waals surface area contributed by atoms with Gasteiger partial charge >= 0.3 is 0 Å². The number of methoxy groups -OCH3 is 2. The Kier molecular flexibility index (Phi) is 11.5. The topological polar surface area (TPSA) is 105 Å². The van der Waals surface area contributed by atoms with Gasteiger partial charge in [-0.2, -0.15) is 0 Å². The molecular weight excluding hydrogens is 601 g/mol. The van der Waals surface area contributed by atoms with Crippen molar-refractivity contribution in [3.05, 3.63) is 82.3 Å². The summed E-state index contributed by atoms with van der Waals surface area (Å²) >= 11 is 12.3. The number of hydrogen-bond acceptors (Lipinski definition) is 6. The van der Waals surface area contributed by atoms with E-state index in [-0.39, 0.29) is 39.7 Å². The molecule has 3 rings (SSSR count). The molecule has 0 aliphatic carbocycles. The molecule has 1 atom stereocenters. The number of nitrogens with zero attached hydrogens (tertiary/aromatic N) is 2. The first kappa shape index (κ1) is 33.0. The van der Waals surface area contributed by atoms with Crippen molar-refractivity contribution in [3.63, 3.8) is 0 Å². The van der Waals surface area contributed by atoms with Crippen molar-refractivity contribution >= 4 is 50.7 Å². The highest BCUT2D eigenvalue weighted by atomic mass is 35.5. The van der Waals surface area contributed by atoms with Gasteiger partial charge in [-0.25, -0.2) is 8.42 Å². The lowest BCUT2D eigenvalue weighted by atomic mass is 10.1. The Labute approximate surface area is 257 Å². The van der Waals surface area contributed by atoms with Crippen LogP contribution in [0.1, 0.15) is 26.3 Å². The molecule has 1 unspecified atom stereocenters. The van der Waals surface area contributed by atoms with Crippen LogP contribution in [0, 0.1) is 5.92 Å². The lowest BCUT2D eigenvalue weighted by Crippen LogP contribution is -2.51. The fourth-order valence-corrected chi connectivity index (χ4v) is 5.85. The van der Waals surface area contributed by atoms with E-state index in [1.165, 1.54) is 43.4 Å². The van der Waals surface area contributed by atoms with E-state index < -0.39 is 28.5 Å². The number of nitrogens with one attached hydrogen (secondary N) is 1. The summed E-state index contributed by atoms with van der Waals surface area (Å²) in [7, 11) is -1.34. The second kappa shape index (κ2) is 14.6. The van der Waals surface area contributed by atoms with E-state index in [4.69, 9.17) is 32.7 Å². The average molecular weight is 637 g/mol. The minimum Gasteiger partial charge on any atom is -0.493 e. The van der Waals surface area contributed by atoms with Gasteiger partial charge in [0.1, 0.15) is 12.6 Å². The second-order valence-corrected chi connectivity index (χ2v) is 12.6. The summed E-state index contributed by atoms with van der Waals surface area (Å²) in [5, 5.41) is 3.48. The maximum Gasteiger partial charge on any atom is 0.264 e. The van der Waals surface area contributed by atoms with Crippen LogP contribution >= 0.6 is 23.2 Å². The lowest BCUT2D eigenvalue weighted by molar-refractivity contribution is -0.139. The molecule has 0 heterocycles. The first-order valence-electron chi connectivity index (χ1n) is 13.2. The van der Waals surface area contributed by atoms with Crippen LogP contribution in [0.3, 0.4) is 0 Å². The molecule has 2 amide bonds. The van der Waals surface area contributed by atoms with Gasteiger partial charge in [-0.1, -0.05) is 61.3 Å². The van der Waals surface area contributed by atoms with Crippen molar-refractivity contribution < 1.29 is 27.5 Å². The molecule has 1 N–H and O–H groups in total. The zero-order valence-corrected chi connectivity index (χ0v) is 26.5. The number of anilines is 1. The van der Waals surface area contributed by atoms with Crippen molar-refractivity contribution in [1.29, 1.82) is 0 Å². The first-order chi connectivity index (χ1) is 19.9. The Bertz CT molecular complexity index is 1500. The Hall–Kier alpha value is -3.47. The minimum atomic E-state index is -4.23. The summed E-state index contributed by atoms with van der Waals surface area (Å²) in [6.07, 6.45) is 0. The van der Waals surface area contributed by atoms with Crippen molar-refractivity contribution in [2.75, 3.05) is 31.6 Å². The molecule has 3 aromatic carbocycles. The third-order valence-corrected chi connectivity index (χ3v) is 8.98. The van der Waals surface area contributed by atoms with Gasteiger partial charge in [0.25, 0.3) is 10.0 Å². The maximum atomic E-state index is 14.0. The SMILES string of the molecule is COc1ccc(N(CC(=O)N(Cc2ccc(Cl)c(Cl)c2)C(C)C(=O)NCC(C)C)S(=O)(=O)c2ccccc2)cc1OC. The molecule has 0 saturated carbocycles. The number of rotatable bonds is 13. The monoisotopic (exact) mass is 635 g/mol. The van der Waals surface area contributed by atoms with Gasteiger partial charge in [0.05, 0.1) is 34.8 Å². The predicted molar refractivity (Wildman–Crippen MR) is 165 cm³/mol. The van der Waals surface area contributed by atoms with Crippen LogP contribution in [0.15, 0.2) is 71.6 Å². The van der Waals surface area contributed by atoms with E-state index >= 15 is 0 Å². The van der Waals surface area contributed by atoms with Crippen molar-refractivity contribution in [1.82, 2.24) is 10.2 Å². The van der Waals surface area contributed by atoms with Gasteiger partial charge in [-0.3, -0.25) is 13.9 Å². The van der Waals surface area contributed by atoms with Gasteiger partial charge in [0, 0.05) is 19.2 Å². The molecule has 0 saturated heterocycles. The lowest BCUT2D eigenvalue weighted by Gasteiger charge is -2.32. The zero-order chi connectivity index (χ0) is 31.0. The number of ether oxygens (including phenoxy) is 2. The van der Waals surface area contributed by atoms with Crippen molar-refractivity contribution in [2.45, 2.75) is 38.3 Å². The average Bonchev–Trinajstić information content (AvgIpc) is 2.98. The van der Waals surface area contributed by atoms with Crippen molar-refractivity contribution in [3.8, 4) is 11.5 Å². The smallest absolute Gasteiger partial charge is 0.264 e. The standard InChI is InChI=1S/C30H35Cl2N3O6S/c1-20(2)17-33-30(37)21(3)34(18-22-11-13-25(31)26(32)15-22)29(36)19-35(42(38,39)24-9-7-6-8-10-24)23-12-14-27(40-4)28(16-23)41-5/h6-16,20-21H,17-19H2,1-5H3,(H,33,37). The number of halogens is 2. The summed E-state index contributed by atoms with van der Waals surface area (Å²) in [6, 6.07) is 16.3. The molecule has 0 aromatic heterocycles. The predicted octanol–water partition coefficient (Wildman–Crippen LogP) is 5.40. The Morgan fingerprint density at radius 3 is 2.14 bits per heavy atom. The summed E-state index contributed by atoms with van der Waals surface area (Å²) in [4.78, 5) is 28.5. The number of hydrogen-bond donors (Lipinski definition) is 1. The van der Waals surface area contributed by atoms with E-state index in [0.717, 1.165) is 4.31 Å². The molecule has 0 bridgehead atoms. The highest BCUT2D eigenvalue weighted by molar-refractivity contribution is 7.92. The first-order valence-corrected chi connectivity index (χ1v) is 15.4. The summed E-state index contributed by atoms with van der Waals surface area (Å²) in [6.45, 7) is 5.31. The molecule has 0 aliphatic rings. The summed E-state index contributed by atoms with van der Waals surface area (Å²) in [5.41, 5.74) is 0.793. The van der Waals surface area contributed by atoms with Crippen LogP contribution in [-0.4, -0.2) is 58.5 Å². The van der Waals surface area contributed by atoms with E-state index in [1.54, 1.807) is 49.4 Å². The van der Waals surface area contributed by atoms with Gasteiger partial charge in [-0.05, 0) is 54.8 Å². The van der Waals surface area contributed by atoms with Crippen LogP contribution in [0.5, 0.6) is 11.5 Å². The van der Waals surface area contributed by atoms with Gasteiger partial charge in [0.2, 0.25) is 11.8 Å². The Morgan fingerprint density at radius 1 is 0.881 bits per heavy atom. The summed E-state index contributed by atoms with van der Waals surface area (Å²) < 4.78 is 39.6. The molecule has 0 fully saturated rings. The third kappa shape index (κ3) is 8.08. The van der Waals surface area contributed by atoms with Gasteiger partial charge in [0.15, 0.2) is 11.5 Å². The highest BCUT2D eigenvalue weighted by Gasteiger charge is 2.33. The quantitative estimate of drug-likeness (QED) is 0.270. The molecule has 0 aliphatic heterocycles. The molecule has 42 heavy (non-hydrogen) atoms. The molecule has 3 aromatic rings. The van der Waals surface area contributed by atoms with E-state index in [0.29, 0.717) is 22.9 Å². The number of benzene rings is 3. The molecule has 226 valence electrons. The highest BCUT2D eigenvalue weighted by Crippen LogP contribution is 2.34. The largest absolute Gasteiger partial charge is 0.493 e. The Morgan fingerprint density at radius 2 is 1.55 bits per heavy atom. The number of sulfonamides is 1. The normalized spacial score (nSPS) is 12.0. The van der Waals surface area contributed by atoms with Gasteiger partial charge in [-0.15, -0.1) is 0 Å². The van der Waals surface area contributed by atoms with E-state index in [1.807, 2.05) is 13.8 Å². The fraction of sp³-hybridized carbons (Fsp3) is 0.333. The Balaban J connectivity index is 2.07. The van der Waals surface area contributed by atoms with E-state index in [2.05, 4.69) is 5.32 Å². The van der Waals surface area contributed by atoms with Crippen LogP contribution in [0.2, 0.25) is 10.0 Å². The van der Waals surface area contributed by atoms with Crippen LogP contribution < -0.4 is 19.1 Å². The molecule has 12 heteroatoms. The molecule has 0 radical (unpaired) electrons. The molecule has 0 spiro atoms. The summed E-state index contributed by atoms with van der Waals surface area (Å²) in [5.74, 6) is -0.119. The number of amides is 2. The van der Waals surface area contributed by atoms with Crippen LogP contribution in [-0.2, 0) is 26.2 Å². The van der Waals surface area contributed by atoms with Crippen LogP contribution in [0.4, 0.5) is 5.69 Å². The molecule has 9 nitrogen and oxygen atoms in total. The minimum absolute atomic E-state index is 0.00802. The van der Waals surface area contributed by atoms with Crippen LogP contribution in [0.25, 0.3) is 0 Å². The fourth-order valence-electron chi connectivity index (χ4n) is 4.10. The maximum absolute atomic E-state index is 14.0. The number of carbonyl (C=O) groups excluding carboxylic acids is 2. The third-order valence-electron chi connectivity index (χ3n) is 6.45.